The molecule has 2 aliphatic rings. The van der Waals surface area contributed by atoms with Gasteiger partial charge in [-0.25, -0.2) is 0 Å². The van der Waals surface area contributed by atoms with Crippen molar-refractivity contribution >= 4 is 23.6 Å². The quantitative estimate of drug-likeness (QED) is 0.784. The molecule has 1 N–H and O–H groups in total. The fraction of sp³-hybridized carbons (Fsp3) is 0.364. The Bertz CT molecular complexity index is 864. The smallest absolute Gasteiger partial charge is 0.252 e. The van der Waals surface area contributed by atoms with E-state index < -0.39 is 0 Å². The van der Waals surface area contributed by atoms with Crippen molar-refractivity contribution in [3.8, 4) is 5.75 Å². The Balaban J connectivity index is 1.44. The summed E-state index contributed by atoms with van der Waals surface area (Å²) in [6.07, 6.45) is 2.91. The number of fused-ring (bicyclic) bond motifs is 1. The number of amides is 2. The Hall–Kier alpha value is -2.47. The molecule has 146 valence electrons. The predicted molar refractivity (Wildman–Crippen MR) is 110 cm³/mol. The van der Waals surface area contributed by atoms with Crippen LogP contribution in [-0.2, 0) is 4.79 Å². The number of nitrogens with zero attached hydrogens (tertiary/aromatic N) is 1. The first-order valence-corrected chi connectivity index (χ1v) is 10.7. The normalized spacial score (nSPS) is 18.3. The number of hydrogen-bond acceptors (Lipinski definition) is 4. The Kier molecular flexibility index (Phi) is 5.86. The third-order valence-corrected chi connectivity index (χ3v) is 6.26. The number of thioether (sulfide) groups is 1. The molecule has 0 bridgehead atoms. The molecule has 2 amide bonds. The van der Waals surface area contributed by atoms with E-state index in [9.17, 15) is 9.59 Å². The lowest BCUT2D eigenvalue weighted by molar-refractivity contribution is -0.127. The SMILES string of the molecule is O=C(N[C@@H]1CCOc2ccccc21)c1ccccc1SCC(=O)N1CCCC1. The van der Waals surface area contributed by atoms with E-state index >= 15 is 0 Å². The standard InChI is InChI=1S/C22H24N2O3S/c25-21(24-12-5-6-13-24)15-28-20-10-4-2-8-17(20)22(26)23-18-11-14-27-19-9-3-1-7-16(18)19/h1-4,7-10,18H,5-6,11-15H2,(H,23,26)/t18-/m1/s1. The minimum atomic E-state index is -0.113. The topological polar surface area (TPSA) is 58.6 Å². The molecule has 4 rings (SSSR count). The molecule has 0 unspecified atom stereocenters. The summed E-state index contributed by atoms with van der Waals surface area (Å²) in [7, 11) is 0. The summed E-state index contributed by atoms with van der Waals surface area (Å²) in [5.74, 6) is 1.23. The van der Waals surface area contributed by atoms with Crippen molar-refractivity contribution in [2.24, 2.45) is 0 Å². The second-order valence-corrected chi connectivity index (χ2v) is 8.09. The number of nitrogens with one attached hydrogen (secondary N) is 1. The Morgan fingerprint density at radius 3 is 2.68 bits per heavy atom. The van der Waals surface area contributed by atoms with Crippen LogP contribution < -0.4 is 10.1 Å². The summed E-state index contributed by atoms with van der Waals surface area (Å²) in [6, 6.07) is 15.3. The molecule has 2 aliphatic heterocycles. The Morgan fingerprint density at radius 1 is 1.07 bits per heavy atom. The first-order valence-electron chi connectivity index (χ1n) is 9.74. The lowest BCUT2D eigenvalue weighted by Gasteiger charge is -2.27. The van der Waals surface area contributed by atoms with Crippen LogP contribution in [0, 0.1) is 0 Å². The highest BCUT2D eigenvalue weighted by Gasteiger charge is 2.24. The first kappa shape index (κ1) is 18.9. The van der Waals surface area contributed by atoms with Crippen molar-refractivity contribution in [3.63, 3.8) is 0 Å². The van der Waals surface area contributed by atoms with Crippen LogP contribution in [-0.4, -0.2) is 42.2 Å². The van der Waals surface area contributed by atoms with Crippen molar-refractivity contribution in [1.29, 1.82) is 0 Å². The highest BCUT2D eigenvalue weighted by Crippen LogP contribution is 2.32. The largest absolute Gasteiger partial charge is 0.493 e. The number of rotatable bonds is 5. The van der Waals surface area contributed by atoms with E-state index in [1.807, 2.05) is 53.4 Å². The van der Waals surface area contributed by atoms with E-state index in [1.165, 1.54) is 11.8 Å². The lowest BCUT2D eigenvalue weighted by atomic mass is 10.00. The minimum Gasteiger partial charge on any atom is -0.493 e. The van der Waals surface area contributed by atoms with Gasteiger partial charge in [-0.2, -0.15) is 0 Å². The van der Waals surface area contributed by atoms with Crippen molar-refractivity contribution < 1.29 is 14.3 Å². The Morgan fingerprint density at radius 2 is 1.82 bits per heavy atom. The van der Waals surface area contributed by atoms with Crippen LogP contribution in [0.15, 0.2) is 53.4 Å². The Labute approximate surface area is 169 Å². The summed E-state index contributed by atoms with van der Waals surface area (Å²) >= 11 is 1.44. The molecule has 2 aromatic carbocycles. The molecule has 0 radical (unpaired) electrons. The minimum absolute atomic E-state index is 0.0678. The van der Waals surface area contributed by atoms with Gasteiger partial charge < -0.3 is 15.0 Å². The van der Waals surface area contributed by atoms with Gasteiger partial charge in [0.25, 0.3) is 5.91 Å². The molecule has 1 saturated heterocycles. The average Bonchev–Trinajstić information content (AvgIpc) is 3.27. The van der Waals surface area contributed by atoms with Gasteiger partial charge in [-0.15, -0.1) is 11.8 Å². The van der Waals surface area contributed by atoms with E-state index in [4.69, 9.17) is 4.74 Å². The van der Waals surface area contributed by atoms with Gasteiger partial charge in [0, 0.05) is 30.0 Å². The maximum Gasteiger partial charge on any atom is 0.252 e. The third-order valence-electron chi connectivity index (χ3n) is 5.21. The summed E-state index contributed by atoms with van der Waals surface area (Å²) < 4.78 is 5.68. The van der Waals surface area contributed by atoms with Gasteiger partial charge in [0.1, 0.15) is 5.75 Å². The zero-order chi connectivity index (χ0) is 19.3. The highest BCUT2D eigenvalue weighted by molar-refractivity contribution is 8.00. The summed E-state index contributed by atoms with van der Waals surface area (Å²) in [5.41, 5.74) is 1.63. The number of likely N-dealkylation sites (tertiary alicyclic amines) is 1. The molecule has 1 atom stereocenters. The maximum absolute atomic E-state index is 13.0. The molecule has 5 nitrogen and oxygen atoms in total. The first-order chi connectivity index (χ1) is 13.7. The molecule has 0 aromatic heterocycles. The van der Waals surface area contributed by atoms with E-state index in [0.717, 1.165) is 48.6 Å². The van der Waals surface area contributed by atoms with Crippen LogP contribution in [0.3, 0.4) is 0 Å². The molecule has 0 spiro atoms. The van der Waals surface area contributed by atoms with Gasteiger partial charge in [0.05, 0.1) is 24.0 Å². The maximum atomic E-state index is 13.0. The number of ether oxygens (including phenoxy) is 1. The second-order valence-electron chi connectivity index (χ2n) is 7.07. The van der Waals surface area contributed by atoms with Crippen molar-refractivity contribution in [2.75, 3.05) is 25.4 Å². The van der Waals surface area contributed by atoms with Crippen LogP contribution in [0.5, 0.6) is 5.75 Å². The fourth-order valence-electron chi connectivity index (χ4n) is 3.71. The molecule has 1 fully saturated rings. The third kappa shape index (κ3) is 4.17. The van der Waals surface area contributed by atoms with Gasteiger partial charge in [0.2, 0.25) is 5.91 Å². The average molecular weight is 397 g/mol. The van der Waals surface area contributed by atoms with Crippen LogP contribution in [0.4, 0.5) is 0 Å². The number of para-hydroxylation sites is 1. The van der Waals surface area contributed by atoms with Gasteiger partial charge in [0.15, 0.2) is 0 Å². The molecule has 6 heteroatoms. The van der Waals surface area contributed by atoms with Gasteiger partial charge in [-0.1, -0.05) is 30.3 Å². The van der Waals surface area contributed by atoms with Crippen molar-refractivity contribution in [3.05, 3.63) is 59.7 Å². The number of hydrogen-bond donors (Lipinski definition) is 1. The molecule has 28 heavy (non-hydrogen) atoms. The highest BCUT2D eigenvalue weighted by atomic mass is 32.2. The molecule has 2 aromatic rings. The summed E-state index contributed by atoms with van der Waals surface area (Å²) in [4.78, 5) is 28.1. The molecular formula is C22H24N2O3S. The van der Waals surface area contributed by atoms with Gasteiger partial charge >= 0.3 is 0 Å². The van der Waals surface area contributed by atoms with Gasteiger partial charge in [-0.05, 0) is 31.0 Å². The van der Waals surface area contributed by atoms with E-state index in [0.29, 0.717) is 17.9 Å². The zero-order valence-electron chi connectivity index (χ0n) is 15.7. The monoisotopic (exact) mass is 396 g/mol. The van der Waals surface area contributed by atoms with E-state index in [2.05, 4.69) is 5.32 Å². The summed E-state index contributed by atoms with van der Waals surface area (Å²) in [5, 5.41) is 3.15. The molecule has 0 saturated carbocycles. The van der Waals surface area contributed by atoms with Crippen LogP contribution in [0.1, 0.15) is 41.2 Å². The molecule has 2 heterocycles. The molecular weight excluding hydrogens is 372 g/mol. The predicted octanol–water partition coefficient (Wildman–Crippen LogP) is 3.65. The van der Waals surface area contributed by atoms with Crippen LogP contribution in [0.2, 0.25) is 0 Å². The second kappa shape index (κ2) is 8.69. The van der Waals surface area contributed by atoms with Gasteiger partial charge in [-0.3, -0.25) is 9.59 Å². The number of carbonyl (C=O) groups is 2. The van der Waals surface area contributed by atoms with E-state index in [-0.39, 0.29) is 17.9 Å². The summed E-state index contributed by atoms with van der Waals surface area (Å²) in [6.45, 7) is 2.29. The number of benzene rings is 2. The zero-order valence-corrected chi connectivity index (χ0v) is 16.5. The van der Waals surface area contributed by atoms with E-state index in [1.54, 1.807) is 0 Å². The van der Waals surface area contributed by atoms with Crippen molar-refractivity contribution in [2.45, 2.75) is 30.2 Å². The van der Waals surface area contributed by atoms with Crippen LogP contribution in [0.25, 0.3) is 0 Å². The van der Waals surface area contributed by atoms with Crippen LogP contribution >= 0.6 is 11.8 Å². The fourth-order valence-corrected chi connectivity index (χ4v) is 4.66. The lowest BCUT2D eigenvalue weighted by Crippen LogP contribution is -2.32. The molecule has 0 aliphatic carbocycles. The van der Waals surface area contributed by atoms with Crippen molar-refractivity contribution in [1.82, 2.24) is 10.2 Å². The number of carbonyl (C=O) groups excluding carboxylic acids is 2.